The molecule has 0 aliphatic rings. The molecule has 0 spiro atoms. The Labute approximate surface area is 82.0 Å². The molecule has 0 bridgehead atoms. The molecule has 84 valence electrons. The van der Waals surface area contributed by atoms with Crippen LogP contribution in [-0.4, -0.2) is 26.1 Å². The fraction of sp³-hybridized carbons (Fsp3) is 0. The lowest BCUT2D eigenvalue weighted by molar-refractivity contribution is 0.380. The van der Waals surface area contributed by atoms with Crippen molar-refractivity contribution in [1.29, 1.82) is 0 Å². The summed E-state index contributed by atoms with van der Waals surface area (Å²) in [5.74, 6) is 2.70. The number of hydrazone groups is 1. The highest BCUT2D eigenvalue weighted by Gasteiger charge is 2.03. The van der Waals surface area contributed by atoms with Crippen molar-refractivity contribution < 1.29 is 10.2 Å². The Hall–Kier alpha value is -2.65. The Balaban J connectivity index is 0.000000336. The van der Waals surface area contributed by atoms with Gasteiger partial charge in [-0.15, -0.1) is 5.10 Å². The summed E-state index contributed by atoms with van der Waals surface area (Å²) in [6.07, 6.45) is 0. The summed E-state index contributed by atoms with van der Waals surface area (Å²) in [4.78, 5) is 24.1. The van der Waals surface area contributed by atoms with Crippen molar-refractivity contribution in [2.45, 2.75) is 0 Å². The van der Waals surface area contributed by atoms with Crippen molar-refractivity contribution >= 4 is 5.96 Å². The molecule has 1 aromatic rings. The van der Waals surface area contributed by atoms with E-state index in [-0.39, 0.29) is 5.96 Å². The minimum atomic E-state index is -1.01. The molecule has 0 aliphatic carbocycles. The van der Waals surface area contributed by atoms with Gasteiger partial charge in [0.15, 0.2) is 0 Å². The maximum atomic E-state index is 10.4. The molecule has 15 heavy (non-hydrogen) atoms. The fourth-order valence-corrected chi connectivity index (χ4v) is 0.468. The molecule has 0 aromatic carbocycles. The Morgan fingerprint density at radius 2 is 1.67 bits per heavy atom. The molecular weight excluding hydrogens is 208 g/mol. The Bertz CT molecular complexity index is 455. The van der Waals surface area contributed by atoms with Crippen LogP contribution in [0, 0.1) is 0 Å². The molecule has 0 saturated heterocycles. The molecule has 0 fully saturated rings. The molecule has 0 radical (unpaired) electrons. The van der Waals surface area contributed by atoms with Gasteiger partial charge in [-0.3, -0.25) is 14.8 Å². The lowest BCUT2D eigenvalue weighted by Gasteiger charge is -1.91. The average molecular weight is 218 g/mol. The molecule has 0 atom stereocenters. The second kappa shape index (κ2) is 5.16. The van der Waals surface area contributed by atoms with Crippen molar-refractivity contribution in [1.82, 2.24) is 9.97 Å². The molecule has 10 heteroatoms. The maximum Gasteiger partial charge on any atom is 0.328 e. The van der Waals surface area contributed by atoms with Gasteiger partial charge in [0.1, 0.15) is 0 Å². The molecule has 0 saturated carbocycles. The number of hydrogen-bond acceptors (Lipinski definition) is 6. The van der Waals surface area contributed by atoms with E-state index in [4.69, 9.17) is 21.7 Å². The van der Waals surface area contributed by atoms with Crippen LogP contribution in [-0.2, 0) is 0 Å². The largest absolute Gasteiger partial charge is 0.499 e. The highest BCUT2D eigenvalue weighted by molar-refractivity contribution is 5.75. The zero-order chi connectivity index (χ0) is 12.0. The van der Waals surface area contributed by atoms with Gasteiger partial charge in [0.2, 0.25) is 17.6 Å². The van der Waals surface area contributed by atoms with Gasteiger partial charge in [-0.05, 0) is 0 Å². The summed E-state index contributed by atoms with van der Waals surface area (Å²) in [7, 11) is 0. The first-order valence-corrected chi connectivity index (χ1v) is 3.41. The van der Waals surface area contributed by atoms with Crippen molar-refractivity contribution in [2.24, 2.45) is 22.4 Å². The lowest BCUT2D eigenvalue weighted by Crippen LogP contribution is -2.23. The zero-order valence-electron chi connectivity index (χ0n) is 7.39. The quantitative estimate of drug-likeness (QED) is 0.102. The Morgan fingerprint density at radius 1 is 1.20 bits per heavy atom. The summed E-state index contributed by atoms with van der Waals surface area (Å²) < 4.78 is 0. The number of rotatable bonds is 0. The first kappa shape index (κ1) is 12.3. The molecular formula is C5H10N6O4. The standard InChI is InChI=1S/C4H4N2O4.CH6N4/c7-1-2(8)5-4(10)6-3(1)9;2-1(3)5-4/h7H,(H3,5,6,8,9,10);4H2,(H4,2,3,5). The minimum absolute atomic E-state index is 0.0926. The van der Waals surface area contributed by atoms with Gasteiger partial charge in [0, 0.05) is 0 Å². The maximum absolute atomic E-state index is 10.4. The molecule has 1 rings (SSSR count). The van der Waals surface area contributed by atoms with E-state index in [1.54, 1.807) is 9.97 Å². The van der Waals surface area contributed by atoms with E-state index in [1.807, 2.05) is 0 Å². The third kappa shape index (κ3) is 4.21. The van der Waals surface area contributed by atoms with Gasteiger partial charge in [-0.25, -0.2) is 4.79 Å². The van der Waals surface area contributed by atoms with Gasteiger partial charge >= 0.3 is 5.69 Å². The smallest absolute Gasteiger partial charge is 0.328 e. The SMILES string of the molecule is NN=C(N)N.O=c1[nH]c(O)c(O)c(=O)[nH]1. The van der Waals surface area contributed by atoms with E-state index >= 15 is 0 Å². The van der Waals surface area contributed by atoms with E-state index in [0.717, 1.165) is 0 Å². The topological polar surface area (TPSA) is 197 Å². The van der Waals surface area contributed by atoms with Gasteiger partial charge < -0.3 is 27.5 Å². The molecule has 0 aliphatic heterocycles. The van der Waals surface area contributed by atoms with Crippen LogP contribution in [0.5, 0.6) is 11.6 Å². The van der Waals surface area contributed by atoms with Gasteiger partial charge in [-0.2, -0.15) is 0 Å². The molecule has 0 unspecified atom stereocenters. The number of hydrogen-bond donors (Lipinski definition) is 7. The van der Waals surface area contributed by atoms with E-state index in [0.29, 0.717) is 0 Å². The lowest BCUT2D eigenvalue weighted by atomic mass is 10.6. The van der Waals surface area contributed by atoms with Crippen LogP contribution < -0.4 is 28.6 Å². The molecule has 1 aromatic heterocycles. The molecule has 10 N–H and O–H groups in total. The summed E-state index contributed by atoms with van der Waals surface area (Å²) in [6.45, 7) is 0. The monoisotopic (exact) mass is 218 g/mol. The van der Waals surface area contributed by atoms with E-state index in [9.17, 15) is 9.59 Å². The first-order chi connectivity index (χ1) is 6.88. The molecule has 1 heterocycles. The highest BCUT2D eigenvalue weighted by atomic mass is 16.3. The van der Waals surface area contributed by atoms with Crippen LogP contribution >= 0.6 is 0 Å². The number of nitrogens with two attached hydrogens (primary N) is 3. The van der Waals surface area contributed by atoms with Crippen molar-refractivity contribution in [3.8, 4) is 11.6 Å². The number of aromatic hydroxyl groups is 2. The van der Waals surface area contributed by atoms with Crippen LogP contribution in [0.25, 0.3) is 0 Å². The summed E-state index contributed by atoms with van der Waals surface area (Å²) in [5.41, 5.74) is 7.52. The van der Waals surface area contributed by atoms with Crippen molar-refractivity contribution in [3.63, 3.8) is 0 Å². The Morgan fingerprint density at radius 3 is 2.00 bits per heavy atom. The van der Waals surface area contributed by atoms with E-state index < -0.39 is 22.9 Å². The average Bonchev–Trinajstić information content (AvgIpc) is 2.15. The van der Waals surface area contributed by atoms with Crippen molar-refractivity contribution in [3.05, 3.63) is 20.8 Å². The van der Waals surface area contributed by atoms with Gasteiger partial charge in [0.25, 0.3) is 5.56 Å². The summed E-state index contributed by atoms with van der Waals surface area (Å²) >= 11 is 0. The minimum Gasteiger partial charge on any atom is -0.499 e. The van der Waals surface area contributed by atoms with Crippen LogP contribution in [0.1, 0.15) is 0 Å². The predicted octanol–water partition coefficient (Wildman–Crippen LogP) is -3.39. The fourth-order valence-electron chi connectivity index (χ4n) is 0.468. The predicted molar refractivity (Wildman–Crippen MR) is 51.0 cm³/mol. The molecule has 0 amide bonds. The number of aromatic nitrogens is 2. The summed E-state index contributed by atoms with van der Waals surface area (Å²) in [6, 6.07) is 0. The zero-order valence-corrected chi connectivity index (χ0v) is 7.39. The third-order valence-corrected chi connectivity index (χ3v) is 1.05. The number of nitrogens with zero attached hydrogens (tertiary/aromatic N) is 1. The number of guanidine groups is 1. The second-order valence-corrected chi connectivity index (χ2v) is 2.16. The highest BCUT2D eigenvalue weighted by Crippen LogP contribution is 2.10. The van der Waals surface area contributed by atoms with Crippen LogP contribution in [0.4, 0.5) is 0 Å². The number of aromatic amines is 2. The molecule has 10 nitrogen and oxygen atoms in total. The number of nitrogens with one attached hydrogen (secondary N) is 2. The second-order valence-electron chi connectivity index (χ2n) is 2.16. The third-order valence-electron chi connectivity index (χ3n) is 1.05. The van der Waals surface area contributed by atoms with Gasteiger partial charge in [0.05, 0.1) is 0 Å². The van der Waals surface area contributed by atoms with E-state index in [2.05, 4.69) is 10.9 Å². The number of H-pyrrole nitrogens is 2. The van der Waals surface area contributed by atoms with Crippen LogP contribution in [0.2, 0.25) is 0 Å². The first-order valence-electron chi connectivity index (χ1n) is 3.41. The van der Waals surface area contributed by atoms with Crippen LogP contribution in [0.15, 0.2) is 14.7 Å². The summed E-state index contributed by atoms with van der Waals surface area (Å²) in [5, 5.41) is 20.0. The van der Waals surface area contributed by atoms with Gasteiger partial charge in [-0.1, -0.05) is 0 Å². The van der Waals surface area contributed by atoms with Crippen LogP contribution in [0.3, 0.4) is 0 Å². The van der Waals surface area contributed by atoms with E-state index in [1.165, 1.54) is 0 Å². The normalized spacial score (nSPS) is 8.53. The Kier molecular flexibility index (Phi) is 4.25. The van der Waals surface area contributed by atoms with Crippen molar-refractivity contribution in [2.75, 3.05) is 0 Å².